The maximum atomic E-state index is 10.5. The minimum absolute atomic E-state index is 0.280. The lowest BCUT2D eigenvalue weighted by atomic mass is 10.2. The van der Waals surface area contributed by atoms with Crippen LogP contribution < -0.4 is 5.32 Å². The molecule has 0 saturated heterocycles. The Labute approximate surface area is 105 Å². The smallest absolute Gasteiger partial charge is 0.302 e. The van der Waals surface area contributed by atoms with Crippen molar-refractivity contribution in [3.63, 3.8) is 0 Å². The minimum Gasteiger partial charge on any atom is -0.465 e. The van der Waals surface area contributed by atoms with Crippen LogP contribution in [0.15, 0.2) is 18.2 Å². The van der Waals surface area contributed by atoms with Crippen LogP contribution in [0.1, 0.15) is 12.5 Å². The van der Waals surface area contributed by atoms with Gasteiger partial charge in [-0.05, 0) is 12.1 Å². The van der Waals surface area contributed by atoms with Crippen LogP contribution in [-0.2, 0) is 16.1 Å². The van der Waals surface area contributed by atoms with Crippen LogP contribution in [0.3, 0.4) is 0 Å². The molecular formula is C11H13Cl2NO2. The van der Waals surface area contributed by atoms with E-state index in [2.05, 4.69) is 5.32 Å². The number of carbonyl (C=O) groups excluding carboxylic acids is 1. The van der Waals surface area contributed by atoms with Gasteiger partial charge in [-0.3, -0.25) is 4.79 Å². The Bertz CT molecular complexity index is 349. The highest BCUT2D eigenvalue weighted by Gasteiger charge is 2.04. The molecule has 0 saturated carbocycles. The van der Waals surface area contributed by atoms with E-state index in [4.69, 9.17) is 27.9 Å². The van der Waals surface area contributed by atoms with E-state index in [-0.39, 0.29) is 5.97 Å². The van der Waals surface area contributed by atoms with Gasteiger partial charge in [-0.1, -0.05) is 29.3 Å². The van der Waals surface area contributed by atoms with Gasteiger partial charge in [0.25, 0.3) is 0 Å². The third kappa shape index (κ3) is 4.39. The molecule has 0 spiro atoms. The van der Waals surface area contributed by atoms with Gasteiger partial charge >= 0.3 is 5.97 Å². The Hall–Kier alpha value is -0.770. The fourth-order valence-electron chi connectivity index (χ4n) is 1.18. The van der Waals surface area contributed by atoms with Crippen molar-refractivity contribution in [3.8, 4) is 0 Å². The molecule has 0 radical (unpaired) electrons. The number of rotatable bonds is 5. The van der Waals surface area contributed by atoms with E-state index in [1.807, 2.05) is 0 Å². The predicted octanol–water partition coefficient (Wildman–Crippen LogP) is 2.65. The molecule has 88 valence electrons. The average molecular weight is 262 g/mol. The fourth-order valence-corrected chi connectivity index (χ4v) is 1.71. The molecule has 0 unspecified atom stereocenters. The first-order valence-electron chi connectivity index (χ1n) is 4.88. The largest absolute Gasteiger partial charge is 0.465 e. The Morgan fingerprint density at radius 3 is 2.56 bits per heavy atom. The van der Waals surface area contributed by atoms with E-state index in [1.54, 1.807) is 18.2 Å². The quantitative estimate of drug-likeness (QED) is 0.654. The molecule has 0 amide bonds. The summed E-state index contributed by atoms with van der Waals surface area (Å²) in [6.45, 7) is 2.85. The van der Waals surface area contributed by atoms with Gasteiger partial charge in [-0.2, -0.15) is 0 Å². The average Bonchev–Trinajstić information content (AvgIpc) is 2.21. The van der Waals surface area contributed by atoms with Crippen molar-refractivity contribution in [3.05, 3.63) is 33.8 Å². The second kappa shape index (κ2) is 6.74. The molecule has 1 N–H and O–H groups in total. The summed E-state index contributed by atoms with van der Waals surface area (Å²) in [6.07, 6.45) is 0. The van der Waals surface area contributed by atoms with Gasteiger partial charge in [0.05, 0.1) is 0 Å². The Morgan fingerprint density at radius 2 is 2.00 bits per heavy atom. The van der Waals surface area contributed by atoms with E-state index < -0.39 is 0 Å². The van der Waals surface area contributed by atoms with Crippen LogP contribution in [0.5, 0.6) is 0 Å². The normalized spacial score (nSPS) is 10.2. The number of carbonyl (C=O) groups is 1. The molecule has 0 aliphatic heterocycles. The molecule has 16 heavy (non-hydrogen) atoms. The molecule has 1 rings (SSSR count). The number of esters is 1. The van der Waals surface area contributed by atoms with Gasteiger partial charge < -0.3 is 10.1 Å². The van der Waals surface area contributed by atoms with Gasteiger partial charge in [0.15, 0.2) is 0 Å². The summed E-state index contributed by atoms with van der Waals surface area (Å²) in [6, 6.07) is 5.38. The summed E-state index contributed by atoms with van der Waals surface area (Å²) in [5.74, 6) is -0.280. The summed E-state index contributed by atoms with van der Waals surface area (Å²) in [4.78, 5) is 10.5. The van der Waals surface area contributed by atoms with E-state index in [9.17, 15) is 4.79 Å². The fraction of sp³-hybridized carbons (Fsp3) is 0.364. The molecule has 0 fully saturated rings. The molecule has 0 aromatic heterocycles. The second-order valence-electron chi connectivity index (χ2n) is 3.22. The molecule has 0 atom stereocenters. The van der Waals surface area contributed by atoms with Gasteiger partial charge in [-0.15, -0.1) is 0 Å². The zero-order chi connectivity index (χ0) is 12.0. The lowest BCUT2D eigenvalue weighted by Gasteiger charge is -2.08. The highest BCUT2D eigenvalue weighted by atomic mass is 35.5. The van der Waals surface area contributed by atoms with Gasteiger partial charge in [0.1, 0.15) is 6.61 Å². The molecule has 0 heterocycles. The third-order valence-corrected chi connectivity index (χ3v) is 2.66. The second-order valence-corrected chi connectivity index (χ2v) is 4.03. The SMILES string of the molecule is CC(=O)OCCNCc1c(Cl)cccc1Cl. The molecule has 0 aliphatic rings. The standard InChI is InChI=1S/C11H13Cl2NO2/c1-8(15)16-6-5-14-7-9-10(12)3-2-4-11(9)13/h2-4,14H,5-7H2,1H3. The highest BCUT2D eigenvalue weighted by molar-refractivity contribution is 6.35. The summed E-state index contributed by atoms with van der Waals surface area (Å²) in [5, 5.41) is 4.36. The summed E-state index contributed by atoms with van der Waals surface area (Å²) >= 11 is 12.0. The van der Waals surface area contributed by atoms with Crippen molar-refractivity contribution in [2.45, 2.75) is 13.5 Å². The Morgan fingerprint density at radius 1 is 1.38 bits per heavy atom. The Kier molecular flexibility index (Phi) is 5.60. The van der Waals surface area contributed by atoms with Gasteiger partial charge in [0.2, 0.25) is 0 Å². The van der Waals surface area contributed by atoms with Crippen molar-refractivity contribution in [2.75, 3.05) is 13.2 Å². The van der Waals surface area contributed by atoms with Crippen molar-refractivity contribution >= 4 is 29.2 Å². The number of nitrogens with one attached hydrogen (secondary N) is 1. The number of ether oxygens (including phenoxy) is 1. The maximum Gasteiger partial charge on any atom is 0.302 e. The molecule has 0 aliphatic carbocycles. The zero-order valence-electron chi connectivity index (χ0n) is 8.93. The van der Waals surface area contributed by atoms with Crippen LogP contribution in [0.25, 0.3) is 0 Å². The molecule has 0 bridgehead atoms. The molecule has 3 nitrogen and oxygen atoms in total. The van der Waals surface area contributed by atoms with Crippen molar-refractivity contribution in [2.24, 2.45) is 0 Å². The summed E-state index contributed by atoms with van der Waals surface area (Å²) in [5.41, 5.74) is 0.855. The van der Waals surface area contributed by atoms with Crippen LogP contribution in [0.4, 0.5) is 0 Å². The molecule has 5 heteroatoms. The first kappa shape index (κ1) is 13.3. The lowest BCUT2D eigenvalue weighted by molar-refractivity contribution is -0.140. The number of hydrogen-bond donors (Lipinski definition) is 1. The number of benzene rings is 1. The van der Waals surface area contributed by atoms with Crippen LogP contribution in [0.2, 0.25) is 10.0 Å². The van der Waals surface area contributed by atoms with Crippen molar-refractivity contribution in [1.29, 1.82) is 0 Å². The van der Waals surface area contributed by atoms with Gasteiger partial charge in [0, 0.05) is 35.6 Å². The third-order valence-electron chi connectivity index (χ3n) is 1.95. The molecular weight excluding hydrogens is 249 g/mol. The van der Waals surface area contributed by atoms with E-state index >= 15 is 0 Å². The summed E-state index contributed by atoms with van der Waals surface area (Å²) < 4.78 is 4.77. The first-order chi connectivity index (χ1) is 7.61. The highest BCUT2D eigenvalue weighted by Crippen LogP contribution is 2.23. The van der Waals surface area contributed by atoms with Crippen LogP contribution >= 0.6 is 23.2 Å². The van der Waals surface area contributed by atoms with E-state index in [0.29, 0.717) is 29.7 Å². The molecule has 1 aromatic rings. The maximum absolute atomic E-state index is 10.5. The van der Waals surface area contributed by atoms with Crippen molar-refractivity contribution in [1.82, 2.24) is 5.32 Å². The Balaban J connectivity index is 2.34. The summed E-state index contributed by atoms with van der Waals surface area (Å²) in [7, 11) is 0. The van der Waals surface area contributed by atoms with Crippen molar-refractivity contribution < 1.29 is 9.53 Å². The molecule has 1 aromatic carbocycles. The first-order valence-corrected chi connectivity index (χ1v) is 5.64. The minimum atomic E-state index is -0.280. The van der Waals surface area contributed by atoms with Crippen LogP contribution in [-0.4, -0.2) is 19.1 Å². The monoisotopic (exact) mass is 261 g/mol. The zero-order valence-corrected chi connectivity index (χ0v) is 10.4. The lowest BCUT2D eigenvalue weighted by Crippen LogP contribution is -2.20. The predicted molar refractivity (Wildman–Crippen MR) is 64.8 cm³/mol. The van der Waals surface area contributed by atoms with Crippen LogP contribution in [0, 0.1) is 0 Å². The van der Waals surface area contributed by atoms with E-state index in [1.165, 1.54) is 6.92 Å². The van der Waals surface area contributed by atoms with E-state index in [0.717, 1.165) is 5.56 Å². The topological polar surface area (TPSA) is 38.3 Å². The van der Waals surface area contributed by atoms with Gasteiger partial charge in [-0.25, -0.2) is 0 Å². The number of halogens is 2. The number of hydrogen-bond acceptors (Lipinski definition) is 3.